The van der Waals surface area contributed by atoms with Crippen LogP contribution in [-0.4, -0.2) is 23.6 Å². The molecule has 2 aromatic rings. The van der Waals surface area contributed by atoms with Gasteiger partial charge in [0.25, 0.3) is 0 Å². The summed E-state index contributed by atoms with van der Waals surface area (Å²) in [5, 5.41) is 2.92. The molecule has 3 rings (SSSR count). The highest BCUT2D eigenvalue weighted by Gasteiger charge is 2.32. The number of nitrogens with zero attached hydrogens (tertiary/aromatic N) is 2. The Kier molecular flexibility index (Phi) is 4.41. The summed E-state index contributed by atoms with van der Waals surface area (Å²) in [6, 6.07) is 6.77. The maximum Gasteiger partial charge on any atom is 0.222 e. The third-order valence-electron chi connectivity index (χ3n) is 3.95. The highest BCUT2D eigenvalue weighted by Crippen LogP contribution is 2.34. The zero-order chi connectivity index (χ0) is 16.4. The second-order valence-corrected chi connectivity index (χ2v) is 8.10. The molecule has 1 aliphatic rings. The van der Waals surface area contributed by atoms with Crippen LogP contribution >= 0.6 is 11.6 Å². The van der Waals surface area contributed by atoms with E-state index in [4.69, 9.17) is 17.3 Å². The maximum atomic E-state index is 12.9. The van der Waals surface area contributed by atoms with Gasteiger partial charge in [0.05, 0.1) is 22.0 Å². The monoisotopic (exact) mass is 352 g/mol. The normalized spacial score (nSPS) is 15.7. The highest BCUT2D eigenvalue weighted by molar-refractivity contribution is 7.92. The third kappa shape index (κ3) is 3.25. The van der Waals surface area contributed by atoms with E-state index in [0.717, 1.165) is 12.8 Å². The summed E-state index contributed by atoms with van der Waals surface area (Å²) in [6.45, 7) is 0. The Morgan fingerprint density at radius 3 is 2.65 bits per heavy atom. The molecule has 3 N–H and O–H groups in total. The number of para-hydroxylation sites is 1. The van der Waals surface area contributed by atoms with Crippen LogP contribution in [-0.2, 0) is 9.84 Å². The SMILES string of the molecule is Nc1ncc(Cl)c(Nc2ccccc2S(=O)(=O)C2CCCC2)n1. The first-order valence-corrected chi connectivity index (χ1v) is 9.29. The van der Waals surface area contributed by atoms with Crippen LogP contribution in [0.5, 0.6) is 0 Å². The van der Waals surface area contributed by atoms with E-state index in [0.29, 0.717) is 18.5 Å². The van der Waals surface area contributed by atoms with Crippen molar-refractivity contribution >= 4 is 38.9 Å². The molecule has 0 spiro atoms. The molecular weight excluding hydrogens is 336 g/mol. The maximum absolute atomic E-state index is 12.9. The topological polar surface area (TPSA) is 98.0 Å². The molecule has 0 aliphatic heterocycles. The number of sulfone groups is 1. The second-order valence-electron chi connectivity index (χ2n) is 5.50. The number of benzene rings is 1. The molecule has 23 heavy (non-hydrogen) atoms. The smallest absolute Gasteiger partial charge is 0.222 e. The molecule has 0 bridgehead atoms. The van der Waals surface area contributed by atoms with Crippen LogP contribution in [0.3, 0.4) is 0 Å². The van der Waals surface area contributed by atoms with Crippen molar-refractivity contribution in [2.75, 3.05) is 11.1 Å². The summed E-state index contributed by atoms with van der Waals surface area (Å²) in [7, 11) is -3.39. The van der Waals surface area contributed by atoms with Gasteiger partial charge in [0.2, 0.25) is 5.95 Å². The summed E-state index contributed by atoms with van der Waals surface area (Å²) in [4.78, 5) is 8.07. The van der Waals surface area contributed by atoms with Gasteiger partial charge in [-0.2, -0.15) is 4.98 Å². The van der Waals surface area contributed by atoms with Crippen LogP contribution in [0.1, 0.15) is 25.7 Å². The lowest BCUT2D eigenvalue weighted by Gasteiger charge is -2.16. The van der Waals surface area contributed by atoms with E-state index in [1.165, 1.54) is 6.20 Å². The number of hydrogen-bond acceptors (Lipinski definition) is 6. The molecule has 0 saturated heterocycles. The summed E-state index contributed by atoms with van der Waals surface area (Å²) >= 11 is 6.05. The van der Waals surface area contributed by atoms with Gasteiger partial charge in [0.15, 0.2) is 15.7 Å². The Morgan fingerprint density at radius 2 is 1.91 bits per heavy atom. The number of anilines is 3. The molecule has 1 saturated carbocycles. The van der Waals surface area contributed by atoms with Crippen molar-refractivity contribution in [2.24, 2.45) is 0 Å². The lowest BCUT2D eigenvalue weighted by atomic mass is 10.3. The lowest BCUT2D eigenvalue weighted by molar-refractivity contribution is 0.580. The number of halogens is 1. The van der Waals surface area contributed by atoms with E-state index in [9.17, 15) is 8.42 Å². The Hall–Kier alpha value is -1.86. The van der Waals surface area contributed by atoms with Crippen LogP contribution in [0.4, 0.5) is 17.5 Å². The predicted molar refractivity (Wildman–Crippen MR) is 90.6 cm³/mol. The van der Waals surface area contributed by atoms with Gasteiger partial charge in [-0.1, -0.05) is 36.6 Å². The second kappa shape index (κ2) is 6.33. The van der Waals surface area contributed by atoms with Gasteiger partial charge in [0.1, 0.15) is 5.02 Å². The number of hydrogen-bond donors (Lipinski definition) is 2. The zero-order valence-corrected chi connectivity index (χ0v) is 13.9. The first kappa shape index (κ1) is 16.0. The summed E-state index contributed by atoms with van der Waals surface area (Å²) < 4.78 is 25.7. The molecule has 0 amide bonds. The molecular formula is C15H17ClN4O2S. The number of nitrogen functional groups attached to an aromatic ring is 1. The minimum atomic E-state index is -3.39. The fourth-order valence-corrected chi connectivity index (χ4v) is 4.94. The third-order valence-corrected chi connectivity index (χ3v) is 6.55. The van der Waals surface area contributed by atoms with E-state index in [-0.39, 0.29) is 26.9 Å². The van der Waals surface area contributed by atoms with E-state index in [1.54, 1.807) is 24.3 Å². The van der Waals surface area contributed by atoms with Gasteiger partial charge in [-0.25, -0.2) is 13.4 Å². The van der Waals surface area contributed by atoms with Crippen molar-refractivity contribution in [3.05, 3.63) is 35.5 Å². The molecule has 0 unspecified atom stereocenters. The van der Waals surface area contributed by atoms with Crippen LogP contribution in [0, 0.1) is 0 Å². The Labute approximate surface area is 140 Å². The van der Waals surface area contributed by atoms with Crippen molar-refractivity contribution in [1.82, 2.24) is 9.97 Å². The first-order valence-electron chi connectivity index (χ1n) is 7.36. The van der Waals surface area contributed by atoms with Crippen molar-refractivity contribution < 1.29 is 8.42 Å². The molecule has 1 fully saturated rings. The van der Waals surface area contributed by atoms with Gasteiger partial charge in [0, 0.05) is 0 Å². The molecule has 1 aromatic carbocycles. The molecule has 0 radical (unpaired) electrons. The zero-order valence-electron chi connectivity index (χ0n) is 12.4. The number of nitrogens with two attached hydrogens (primary N) is 1. The van der Waals surface area contributed by atoms with Crippen molar-refractivity contribution in [1.29, 1.82) is 0 Å². The summed E-state index contributed by atoms with van der Waals surface area (Å²) in [5.41, 5.74) is 6.01. The summed E-state index contributed by atoms with van der Waals surface area (Å²) in [5.74, 6) is 0.348. The molecule has 1 heterocycles. The van der Waals surface area contributed by atoms with Crippen LogP contribution < -0.4 is 11.1 Å². The minimum Gasteiger partial charge on any atom is -0.368 e. The standard InChI is InChI=1S/C15H17ClN4O2S/c16-11-9-18-15(17)20-14(11)19-12-7-3-4-8-13(12)23(21,22)10-5-1-2-6-10/h3-4,7-10H,1-2,5-6H2,(H3,17,18,19,20). The number of nitrogens with one attached hydrogen (secondary N) is 1. The van der Waals surface area contributed by atoms with Crippen molar-refractivity contribution in [3.63, 3.8) is 0 Å². The Bertz CT molecular complexity index is 820. The van der Waals surface area contributed by atoms with Gasteiger partial charge < -0.3 is 11.1 Å². The Balaban J connectivity index is 1.99. The summed E-state index contributed by atoms with van der Waals surface area (Å²) in [6.07, 6.45) is 4.69. The Morgan fingerprint density at radius 1 is 1.22 bits per heavy atom. The predicted octanol–water partition coefficient (Wildman–Crippen LogP) is 3.17. The number of rotatable bonds is 4. The largest absolute Gasteiger partial charge is 0.368 e. The molecule has 1 aromatic heterocycles. The quantitative estimate of drug-likeness (QED) is 0.876. The molecule has 8 heteroatoms. The van der Waals surface area contributed by atoms with Crippen LogP contribution in [0.15, 0.2) is 35.4 Å². The van der Waals surface area contributed by atoms with Crippen LogP contribution in [0.2, 0.25) is 5.02 Å². The van der Waals surface area contributed by atoms with Crippen LogP contribution in [0.25, 0.3) is 0 Å². The minimum absolute atomic E-state index is 0.0630. The van der Waals surface area contributed by atoms with Gasteiger partial charge in [-0.05, 0) is 25.0 Å². The van der Waals surface area contributed by atoms with Crippen molar-refractivity contribution in [2.45, 2.75) is 35.8 Å². The fourth-order valence-electron chi connectivity index (χ4n) is 2.79. The average Bonchev–Trinajstić information content (AvgIpc) is 3.06. The van der Waals surface area contributed by atoms with E-state index in [2.05, 4.69) is 15.3 Å². The van der Waals surface area contributed by atoms with Gasteiger partial charge >= 0.3 is 0 Å². The van der Waals surface area contributed by atoms with E-state index in [1.807, 2.05) is 0 Å². The molecule has 1 aliphatic carbocycles. The molecule has 122 valence electrons. The van der Waals surface area contributed by atoms with Gasteiger partial charge in [-0.15, -0.1) is 0 Å². The average molecular weight is 353 g/mol. The lowest BCUT2D eigenvalue weighted by Crippen LogP contribution is -2.19. The molecule has 0 atom stereocenters. The van der Waals surface area contributed by atoms with Gasteiger partial charge in [-0.3, -0.25) is 0 Å². The fraction of sp³-hybridized carbons (Fsp3) is 0.333. The first-order chi connectivity index (χ1) is 11.0. The highest BCUT2D eigenvalue weighted by atomic mass is 35.5. The number of aromatic nitrogens is 2. The van der Waals surface area contributed by atoms with E-state index >= 15 is 0 Å². The molecule has 6 nitrogen and oxygen atoms in total. The van der Waals surface area contributed by atoms with Crippen molar-refractivity contribution in [3.8, 4) is 0 Å². The van der Waals surface area contributed by atoms with E-state index < -0.39 is 9.84 Å².